The summed E-state index contributed by atoms with van der Waals surface area (Å²) in [5.74, 6) is 0.0527. The van der Waals surface area contributed by atoms with Gasteiger partial charge in [0.2, 0.25) is 17.6 Å². The van der Waals surface area contributed by atoms with Crippen molar-refractivity contribution in [1.82, 2.24) is 24.3 Å². The first-order chi connectivity index (χ1) is 12.2. The van der Waals surface area contributed by atoms with Gasteiger partial charge in [-0.3, -0.25) is 14.2 Å². The number of nitrogens with zero attached hydrogens (tertiary/aromatic N) is 5. The summed E-state index contributed by atoms with van der Waals surface area (Å²) in [6, 6.07) is 8.80. The van der Waals surface area contributed by atoms with Crippen LogP contribution in [-0.4, -0.2) is 30.1 Å². The van der Waals surface area contributed by atoms with E-state index in [1.165, 1.54) is 24.3 Å². The van der Waals surface area contributed by atoms with Gasteiger partial charge in [0.15, 0.2) is 5.82 Å². The third kappa shape index (κ3) is 2.92. The molecule has 0 saturated heterocycles. The topological polar surface area (TPSA) is 85.1 Å². The molecule has 0 bridgehead atoms. The fraction of sp³-hybridized carbons (Fsp3) is 0. The molecule has 25 heavy (non-hydrogen) atoms. The number of nitrogens with one attached hydrogen (secondary N) is 1. The van der Waals surface area contributed by atoms with Crippen LogP contribution in [0.3, 0.4) is 0 Å². The molecule has 0 aliphatic heterocycles. The highest BCUT2D eigenvalue weighted by molar-refractivity contribution is 6.06. The van der Waals surface area contributed by atoms with Crippen molar-refractivity contribution in [3.63, 3.8) is 0 Å². The molecule has 0 radical (unpaired) electrons. The minimum Gasteiger partial charge on any atom is -0.309 e. The molecule has 0 atom stereocenters. The number of rotatable bonds is 4. The van der Waals surface area contributed by atoms with Crippen LogP contribution in [0.1, 0.15) is 16.2 Å². The maximum Gasteiger partial charge on any atom is 0.230 e. The van der Waals surface area contributed by atoms with Gasteiger partial charge >= 0.3 is 0 Å². The molecular formula is C17H11FN6O. The summed E-state index contributed by atoms with van der Waals surface area (Å²) in [6.07, 6.45) is 6.40. The average Bonchev–Trinajstić information content (AvgIpc) is 3.11. The van der Waals surface area contributed by atoms with E-state index < -0.39 is 11.6 Å². The maximum absolute atomic E-state index is 13.1. The van der Waals surface area contributed by atoms with Gasteiger partial charge < -0.3 is 5.32 Å². The van der Waals surface area contributed by atoms with E-state index in [-0.39, 0.29) is 5.82 Å². The van der Waals surface area contributed by atoms with Gasteiger partial charge in [0.1, 0.15) is 11.5 Å². The molecule has 4 rings (SSSR count). The highest BCUT2D eigenvalue weighted by Crippen LogP contribution is 2.16. The molecule has 4 aromatic rings. The third-order valence-electron chi connectivity index (χ3n) is 3.50. The van der Waals surface area contributed by atoms with Crippen LogP contribution in [0, 0.1) is 5.82 Å². The summed E-state index contributed by atoms with van der Waals surface area (Å²) in [5, 5.41) is 3.01. The zero-order valence-electron chi connectivity index (χ0n) is 12.8. The Morgan fingerprint density at radius 3 is 2.68 bits per heavy atom. The molecule has 0 spiro atoms. The van der Waals surface area contributed by atoms with Crippen molar-refractivity contribution in [1.29, 1.82) is 0 Å². The summed E-state index contributed by atoms with van der Waals surface area (Å²) in [5.41, 5.74) is 0.856. The molecule has 0 aliphatic carbocycles. The monoisotopic (exact) mass is 334 g/mol. The van der Waals surface area contributed by atoms with Gasteiger partial charge in [-0.1, -0.05) is 0 Å². The molecule has 0 aliphatic rings. The molecule has 1 N–H and O–H groups in total. The van der Waals surface area contributed by atoms with Gasteiger partial charge in [0.25, 0.3) is 0 Å². The second-order valence-corrected chi connectivity index (χ2v) is 5.16. The van der Waals surface area contributed by atoms with Crippen LogP contribution < -0.4 is 5.32 Å². The van der Waals surface area contributed by atoms with Crippen molar-refractivity contribution in [2.75, 3.05) is 5.32 Å². The van der Waals surface area contributed by atoms with Gasteiger partial charge in [-0.25, -0.2) is 14.4 Å². The predicted octanol–water partition coefficient (Wildman–Crippen LogP) is 2.63. The number of anilines is 2. The summed E-state index contributed by atoms with van der Waals surface area (Å²) in [6.45, 7) is 0. The lowest BCUT2D eigenvalue weighted by Crippen LogP contribution is -2.12. The third-order valence-corrected chi connectivity index (χ3v) is 3.50. The maximum atomic E-state index is 13.1. The number of halogens is 1. The number of carbonyl (C=O) groups excluding carboxylic acids is 1. The van der Waals surface area contributed by atoms with Gasteiger partial charge in [0, 0.05) is 24.2 Å². The Labute approximate surface area is 141 Å². The molecule has 0 saturated carbocycles. The second-order valence-electron chi connectivity index (χ2n) is 5.16. The summed E-state index contributed by atoms with van der Waals surface area (Å²) < 4.78 is 14.7. The normalized spacial score (nSPS) is 10.8. The van der Waals surface area contributed by atoms with Crippen molar-refractivity contribution < 1.29 is 9.18 Å². The molecule has 8 heteroatoms. The van der Waals surface area contributed by atoms with Crippen LogP contribution in [0.2, 0.25) is 0 Å². The largest absolute Gasteiger partial charge is 0.309 e. The van der Waals surface area contributed by atoms with Crippen LogP contribution in [-0.2, 0) is 0 Å². The first-order valence-electron chi connectivity index (χ1n) is 7.39. The first-order valence-corrected chi connectivity index (χ1v) is 7.39. The lowest BCUT2D eigenvalue weighted by molar-refractivity contribution is 0.102. The van der Waals surface area contributed by atoms with E-state index in [1.807, 2.05) is 0 Å². The van der Waals surface area contributed by atoms with E-state index in [0.29, 0.717) is 23.0 Å². The predicted molar refractivity (Wildman–Crippen MR) is 88.1 cm³/mol. The Bertz CT molecular complexity index is 1050. The van der Waals surface area contributed by atoms with Crippen LogP contribution in [0.15, 0.2) is 61.2 Å². The zero-order valence-corrected chi connectivity index (χ0v) is 12.8. The Hall–Kier alpha value is -3.68. The van der Waals surface area contributed by atoms with Crippen molar-refractivity contribution in [2.45, 2.75) is 0 Å². The highest BCUT2D eigenvalue weighted by atomic mass is 19.1. The number of aromatic nitrogens is 5. The van der Waals surface area contributed by atoms with Crippen LogP contribution in [0.25, 0.3) is 5.65 Å². The van der Waals surface area contributed by atoms with E-state index in [1.54, 1.807) is 41.3 Å². The molecule has 3 aromatic heterocycles. The van der Waals surface area contributed by atoms with Gasteiger partial charge in [0.05, 0.1) is 6.20 Å². The number of ketones is 1. The minimum absolute atomic E-state index is 0.00389. The fourth-order valence-electron chi connectivity index (χ4n) is 2.33. The molecule has 1 aromatic carbocycles. The lowest BCUT2D eigenvalue weighted by Gasteiger charge is -2.09. The van der Waals surface area contributed by atoms with E-state index >= 15 is 0 Å². The number of benzene rings is 1. The van der Waals surface area contributed by atoms with Gasteiger partial charge in [-0.05, 0) is 36.4 Å². The Balaban J connectivity index is 1.77. The number of hydrogen-bond donors (Lipinski definition) is 1. The van der Waals surface area contributed by atoms with Gasteiger partial charge in [-0.15, -0.1) is 0 Å². The van der Waals surface area contributed by atoms with Crippen molar-refractivity contribution in [3.8, 4) is 0 Å². The Kier molecular flexibility index (Phi) is 3.62. The summed E-state index contributed by atoms with van der Waals surface area (Å²) in [7, 11) is 0. The van der Waals surface area contributed by atoms with E-state index in [9.17, 15) is 9.18 Å². The average molecular weight is 334 g/mol. The number of carbonyl (C=O) groups is 1. The van der Waals surface area contributed by atoms with Gasteiger partial charge in [-0.2, -0.15) is 4.98 Å². The van der Waals surface area contributed by atoms with E-state index in [4.69, 9.17) is 0 Å². The van der Waals surface area contributed by atoms with Crippen LogP contribution in [0.4, 0.5) is 16.2 Å². The summed E-state index contributed by atoms with van der Waals surface area (Å²) in [4.78, 5) is 29.3. The van der Waals surface area contributed by atoms with E-state index in [0.717, 1.165) is 0 Å². The molecular weight excluding hydrogens is 323 g/mol. The number of fused-ring (bicyclic) bond motifs is 1. The smallest absolute Gasteiger partial charge is 0.230 e. The molecule has 0 fully saturated rings. The van der Waals surface area contributed by atoms with E-state index in [2.05, 4.69) is 25.3 Å². The van der Waals surface area contributed by atoms with Crippen molar-refractivity contribution >= 4 is 23.2 Å². The number of hydrogen-bond acceptors (Lipinski definition) is 6. The molecule has 122 valence electrons. The highest BCUT2D eigenvalue weighted by Gasteiger charge is 2.16. The quantitative estimate of drug-likeness (QED) is 0.578. The van der Waals surface area contributed by atoms with Crippen molar-refractivity contribution in [2.24, 2.45) is 0 Å². The summed E-state index contributed by atoms with van der Waals surface area (Å²) >= 11 is 0. The molecule has 0 unspecified atom stereocenters. The Morgan fingerprint density at radius 1 is 1.08 bits per heavy atom. The van der Waals surface area contributed by atoms with Crippen LogP contribution >= 0.6 is 0 Å². The van der Waals surface area contributed by atoms with Crippen LogP contribution in [0.5, 0.6) is 0 Å². The zero-order chi connectivity index (χ0) is 17.2. The molecule has 3 heterocycles. The SMILES string of the molecule is O=C(c1ccc(F)cc1)c1nc(Nc2cnccn2)n2cccc2n1. The fourth-order valence-corrected chi connectivity index (χ4v) is 2.33. The lowest BCUT2D eigenvalue weighted by atomic mass is 10.1. The molecule has 7 nitrogen and oxygen atoms in total. The molecule has 0 amide bonds. The second kappa shape index (κ2) is 6.08. The Morgan fingerprint density at radius 2 is 1.92 bits per heavy atom. The minimum atomic E-state index is -0.412. The standard InChI is InChI=1S/C17H11FN6O/c18-12-5-3-11(4-6-12)15(25)16-22-14-2-1-9-24(14)17(23-16)21-13-10-19-7-8-20-13/h1-10H,(H,20,21,22,23). The first kappa shape index (κ1) is 14.9. The van der Waals surface area contributed by atoms with Crippen molar-refractivity contribution in [3.05, 3.63) is 78.4 Å².